The first-order valence-electron chi connectivity index (χ1n) is 7.96. The number of thiocarbonyl (C=S) groups is 1. The Balaban J connectivity index is 1.71. The average Bonchev–Trinajstić information content (AvgIpc) is 2.64. The summed E-state index contributed by atoms with van der Waals surface area (Å²) in [6.07, 6.45) is 2.85. The van der Waals surface area contributed by atoms with Crippen molar-refractivity contribution in [3.8, 4) is 5.75 Å². The summed E-state index contributed by atoms with van der Waals surface area (Å²) < 4.78 is 5.35. The highest BCUT2D eigenvalue weighted by Gasteiger charge is 2.05. The lowest BCUT2D eigenvalue weighted by Gasteiger charge is -2.10. The van der Waals surface area contributed by atoms with Crippen LogP contribution in [0.4, 0.5) is 0 Å². The number of amides is 2. The predicted molar refractivity (Wildman–Crippen MR) is 109 cm³/mol. The Morgan fingerprint density at radius 2 is 1.93 bits per heavy atom. The van der Waals surface area contributed by atoms with Crippen molar-refractivity contribution in [1.29, 1.82) is 0 Å². The molecular formula is C19H18ClN3O3S. The summed E-state index contributed by atoms with van der Waals surface area (Å²) in [7, 11) is 0. The van der Waals surface area contributed by atoms with E-state index in [-0.39, 0.29) is 11.7 Å². The monoisotopic (exact) mass is 403 g/mol. The van der Waals surface area contributed by atoms with Crippen LogP contribution in [0.3, 0.4) is 0 Å². The second-order valence-corrected chi connectivity index (χ2v) is 6.27. The third-order valence-electron chi connectivity index (χ3n) is 3.23. The van der Waals surface area contributed by atoms with Crippen molar-refractivity contribution in [1.82, 2.24) is 16.2 Å². The predicted octanol–water partition coefficient (Wildman–Crippen LogP) is 2.76. The van der Waals surface area contributed by atoms with Crippen LogP contribution in [0.15, 0.2) is 54.6 Å². The third kappa shape index (κ3) is 7.47. The van der Waals surface area contributed by atoms with Gasteiger partial charge in [-0.05, 0) is 54.5 Å². The van der Waals surface area contributed by atoms with Gasteiger partial charge in [-0.25, -0.2) is 0 Å². The molecule has 0 heterocycles. The lowest BCUT2D eigenvalue weighted by Crippen LogP contribution is -2.49. The summed E-state index contributed by atoms with van der Waals surface area (Å²) in [5.74, 6) is -0.317. The second-order valence-electron chi connectivity index (χ2n) is 5.45. The number of hydrazine groups is 1. The molecule has 2 amide bonds. The molecule has 0 radical (unpaired) electrons. The number of hydrogen-bond acceptors (Lipinski definition) is 4. The fraction of sp³-hybridized carbons (Fsp3) is 0.105. The molecule has 0 aliphatic carbocycles. The molecule has 0 saturated heterocycles. The third-order valence-corrected chi connectivity index (χ3v) is 3.78. The first kappa shape index (κ1) is 20.4. The highest BCUT2D eigenvalue weighted by molar-refractivity contribution is 7.80. The Labute approximate surface area is 167 Å². The van der Waals surface area contributed by atoms with Crippen LogP contribution >= 0.6 is 23.8 Å². The molecule has 140 valence electrons. The maximum absolute atomic E-state index is 11.8. The van der Waals surface area contributed by atoms with Gasteiger partial charge in [-0.3, -0.25) is 25.8 Å². The van der Waals surface area contributed by atoms with Gasteiger partial charge >= 0.3 is 0 Å². The molecule has 2 aromatic carbocycles. The van der Waals surface area contributed by atoms with E-state index < -0.39 is 11.8 Å². The first-order chi connectivity index (χ1) is 12.9. The van der Waals surface area contributed by atoms with Crippen molar-refractivity contribution in [3.63, 3.8) is 0 Å². The minimum atomic E-state index is -0.460. The molecule has 0 fully saturated rings. The molecule has 6 nitrogen and oxygen atoms in total. The van der Waals surface area contributed by atoms with Crippen LogP contribution in [0.2, 0.25) is 5.02 Å². The number of aryl methyl sites for hydroxylation is 1. The summed E-state index contributed by atoms with van der Waals surface area (Å²) in [6, 6.07) is 14.4. The van der Waals surface area contributed by atoms with Crippen molar-refractivity contribution in [3.05, 3.63) is 70.8 Å². The van der Waals surface area contributed by atoms with Gasteiger partial charge < -0.3 is 4.74 Å². The summed E-state index contributed by atoms with van der Waals surface area (Å²) in [5, 5.41) is 2.88. The average molecular weight is 404 g/mol. The van der Waals surface area contributed by atoms with Gasteiger partial charge in [0.25, 0.3) is 5.91 Å². The standard InChI is InChI=1S/C19H18ClN3O3S/c1-13-5-4-7-15(11-13)26-12-18(25)22-23-19(27)21-17(24)10-9-14-6-2-3-8-16(14)20/h2-11H,12H2,1H3,(H,22,25)(H2,21,23,24,27)/b10-9+. The van der Waals surface area contributed by atoms with Crippen LogP contribution in [0.1, 0.15) is 11.1 Å². The van der Waals surface area contributed by atoms with Crippen LogP contribution < -0.4 is 20.9 Å². The number of carbonyl (C=O) groups is 2. The maximum atomic E-state index is 11.8. The van der Waals surface area contributed by atoms with Crippen molar-refractivity contribution in [2.45, 2.75) is 6.92 Å². The SMILES string of the molecule is Cc1cccc(OCC(=O)NNC(=S)NC(=O)/C=C/c2ccccc2Cl)c1. The van der Waals surface area contributed by atoms with Gasteiger partial charge in [0.2, 0.25) is 5.91 Å². The van der Waals surface area contributed by atoms with E-state index >= 15 is 0 Å². The van der Waals surface area contributed by atoms with Crippen molar-refractivity contribution < 1.29 is 14.3 Å². The molecular weight excluding hydrogens is 386 g/mol. The van der Waals surface area contributed by atoms with Crippen LogP contribution in [0, 0.1) is 6.92 Å². The highest BCUT2D eigenvalue weighted by atomic mass is 35.5. The molecule has 0 aliphatic rings. The Kier molecular flexibility index (Phi) is 7.79. The lowest BCUT2D eigenvalue weighted by molar-refractivity contribution is -0.123. The van der Waals surface area contributed by atoms with Gasteiger partial charge in [0.05, 0.1) is 0 Å². The summed E-state index contributed by atoms with van der Waals surface area (Å²) in [6.45, 7) is 1.73. The molecule has 3 N–H and O–H groups in total. The maximum Gasteiger partial charge on any atom is 0.276 e. The van der Waals surface area contributed by atoms with Gasteiger partial charge in [-0.2, -0.15) is 0 Å². The molecule has 0 unspecified atom stereocenters. The Morgan fingerprint density at radius 1 is 1.15 bits per heavy atom. The first-order valence-corrected chi connectivity index (χ1v) is 8.74. The Morgan fingerprint density at radius 3 is 2.67 bits per heavy atom. The van der Waals surface area contributed by atoms with Gasteiger partial charge in [0.15, 0.2) is 11.7 Å². The van der Waals surface area contributed by atoms with Crippen molar-refractivity contribution in [2.75, 3.05) is 6.61 Å². The molecule has 0 spiro atoms. The summed E-state index contributed by atoms with van der Waals surface area (Å²) in [5.41, 5.74) is 6.50. The number of carbonyl (C=O) groups excluding carboxylic acids is 2. The van der Waals surface area contributed by atoms with Crippen molar-refractivity contribution in [2.24, 2.45) is 0 Å². The van der Waals surface area contributed by atoms with Crippen LogP contribution in [0.25, 0.3) is 6.08 Å². The number of rotatable bonds is 5. The van der Waals surface area contributed by atoms with E-state index in [1.807, 2.05) is 31.2 Å². The van der Waals surface area contributed by atoms with E-state index in [9.17, 15) is 9.59 Å². The number of nitrogens with one attached hydrogen (secondary N) is 3. The minimum absolute atomic E-state index is 0.0484. The van der Waals surface area contributed by atoms with E-state index in [1.165, 1.54) is 6.08 Å². The fourth-order valence-corrected chi connectivity index (χ4v) is 2.33. The molecule has 27 heavy (non-hydrogen) atoms. The molecule has 0 saturated carbocycles. The molecule has 0 atom stereocenters. The molecule has 2 aromatic rings. The number of ether oxygens (including phenoxy) is 1. The Bertz CT molecular complexity index is 871. The van der Waals surface area contributed by atoms with Gasteiger partial charge in [0.1, 0.15) is 5.75 Å². The molecule has 0 aliphatic heterocycles. The Hall–Kier alpha value is -2.90. The number of hydrogen-bond donors (Lipinski definition) is 3. The largest absolute Gasteiger partial charge is 0.484 e. The molecule has 2 rings (SSSR count). The van der Waals surface area contributed by atoms with Gasteiger partial charge in [-0.15, -0.1) is 0 Å². The lowest BCUT2D eigenvalue weighted by atomic mass is 10.2. The smallest absolute Gasteiger partial charge is 0.276 e. The van der Waals surface area contributed by atoms with E-state index in [2.05, 4.69) is 16.2 Å². The zero-order valence-corrected chi connectivity index (χ0v) is 16.1. The second kappa shape index (κ2) is 10.3. The minimum Gasteiger partial charge on any atom is -0.484 e. The van der Waals surface area contributed by atoms with Gasteiger partial charge in [-0.1, -0.05) is 41.9 Å². The van der Waals surface area contributed by atoms with E-state index in [0.29, 0.717) is 16.3 Å². The molecule has 0 bridgehead atoms. The fourth-order valence-electron chi connectivity index (χ4n) is 1.98. The highest BCUT2D eigenvalue weighted by Crippen LogP contribution is 2.16. The van der Waals surface area contributed by atoms with Crippen molar-refractivity contribution >= 4 is 46.8 Å². The quantitative estimate of drug-likeness (QED) is 0.406. The number of benzene rings is 2. The van der Waals surface area contributed by atoms with E-state index in [4.69, 9.17) is 28.6 Å². The van der Waals surface area contributed by atoms with Crippen LogP contribution in [0.5, 0.6) is 5.75 Å². The summed E-state index contributed by atoms with van der Waals surface area (Å²) >= 11 is 10.9. The summed E-state index contributed by atoms with van der Waals surface area (Å²) in [4.78, 5) is 23.6. The zero-order valence-electron chi connectivity index (χ0n) is 14.5. The van der Waals surface area contributed by atoms with Gasteiger partial charge in [0, 0.05) is 11.1 Å². The normalized spacial score (nSPS) is 10.3. The van der Waals surface area contributed by atoms with Crippen LogP contribution in [-0.2, 0) is 9.59 Å². The molecule has 8 heteroatoms. The van der Waals surface area contributed by atoms with Crippen LogP contribution in [-0.4, -0.2) is 23.5 Å². The zero-order chi connectivity index (χ0) is 19.6. The molecule has 0 aromatic heterocycles. The van der Waals surface area contributed by atoms with E-state index in [0.717, 1.165) is 5.56 Å². The topological polar surface area (TPSA) is 79.5 Å². The van der Waals surface area contributed by atoms with E-state index in [1.54, 1.807) is 30.3 Å². The number of halogens is 1.